The van der Waals surface area contributed by atoms with Crippen molar-refractivity contribution < 1.29 is 13.5 Å². The molecule has 1 aliphatic heterocycles. The van der Waals surface area contributed by atoms with Gasteiger partial charge in [-0.1, -0.05) is 30.0 Å². The van der Waals surface area contributed by atoms with Crippen molar-refractivity contribution in [1.29, 1.82) is 0 Å². The third-order valence-electron chi connectivity index (χ3n) is 2.93. The summed E-state index contributed by atoms with van der Waals surface area (Å²) in [5.74, 6) is 0.341. The summed E-state index contributed by atoms with van der Waals surface area (Å²) in [6, 6.07) is 4.56. The van der Waals surface area contributed by atoms with Crippen molar-refractivity contribution >= 4 is 54.3 Å². The molecule has 5 nitrogen and oxygen atoms in total. The van der Waals surface area contributed by atoms with Crippen LogP contribution in [0.1, 0.15) is 5.56 Å². The zero-order valence-corrected chi connectivity index (χ0v) is 13.9. The van der Waals surface area contributed by atoms with Crippen LogP contribution in [0.25, 0.3) is 0 Å². The fourth-order valence-electron chi connectivity index (χ4n) is 1.75. The maximum Gasteiger partial charge on any atom is 0.239 e. The Morgan fingerprint density at radius 2 is 2.21 bits per heavy atom. The second-order valence-electron chi connectivity index (χ2n) is 4.12. The number of rotatable bonds is 2. The molecule has 19 heavy (non-hydrogen) atoms. The molecule has 0 radical (unpaired) electrons. The number of primary sulfonamides is 1. The minimum atomic E-state index is -3.86. The molecule has 1 aromatic rings. The first-order valence-electron chi connectivity index (χ1n) is 5.12. The molecule has 2 rings (SSSR count). The van der Waals surface area contributed by atoms with Gasteiger partial charge in [0.05, 0.1) is 10.6 Å². The highest BCUT2D eigenvalue weighted by Crippen LogP contribution is 2.39. The second kappa shape index (κ2) is 4.97. The van der Waals surface area contributed by atoms with E-state index in [9.17, 15) is 13.5 Å². The molecule has 0 bridgehead atoms. The summed E-state index contributed by atoms with van der Waals surface area (Å²) < 4.78 is 23.9. The van der Waals surface area contributed by atoms with Crippen molar-refractivity contribution in [2.24, 2.45) is 5.14 Å². The molecule has 1 heterocycles. The Hall–Kier alpha value is -0.190. The van der Waals surface area contributed by atoms with E-state index in [1.807, 2.05) is 0 Å². The normalized spacial score (nSPS) is 24.0. The van der Waals surface area contributed by atoms with E-state index in [2.05, 4.69) is 15.9 Å². The van der Waals surface area contributed by atoms with Crippen LogP contribution in [0.2, 0.25) is 0 Å². The molecule has 9 heteroatoms. The summed E-state index contributed by atoms with van der Waals surface area (Å²) >= 11 is 9.57. The molecule has 0 spiro atoms. The molecule has 0 saturated carbocycles. The minimum Gasteiger partial charge on any atom is -0.366 e. The van der Waals surface area contributed by atoms with Gasteiger partial charge in [0.2, 0.25) is 10.0 Å². The third-order valence-corrected chi connectivity index (χ3v) is 6.53. The zero-order valence-electron chi connectivity index (χ0n) is 9.83. The molecular formula is C10H11BrN2O3S3. The Balaban J connectivity index is 2.57. The van der Waals surface area contributed by atoms with Crippen molar-refractivity contribution in [2.75, 3.05) is 12.8 Å². The number of hydrogen-bond acceptors (Lipinski definition) is 5. The van der Waals surface area contributed by atoms with Crippen LogP contribution in [0.3, 0.4) is 0 Å². The van der Waals surface area contributed by atoms with E-state index in [0.717, 1.165) is 0 Å². The molecule has 0 amide bonds. The highest BCUT2D eigenvalue weighted by molar-refractivity contribution is 9.10. The molecule has 1 atom stereocenters. The van der Waals surface area contributed by atoms with Gasteiger partial charge in [-0.3, -0.25) is 0 Å². The number of thiocarbonyl (C=S) groups is 1. The number of nitrogens with zero attached hydrogens (tertiary/aromatic N) is 1. The van der Waals surface area contributed by atoms with Gasteiger partial charge in [0, 0.05) is 17.1 Å². The summed E-state index contributed by atoms with van der Waals surface area (Å²) in [5.41, 5.74) is -0.878. The number of hydrogen-bond donors (Lipinski definition) is 2. The fraction of sp³-hybridized carbons (Fsp3) is 0.300. The molecule has 0 aromatic heterocycles. The summed E-state index contributed by atoms with van der Waals surface area (Å²) in [7, 11) is -2.19. The Kier molecular flexibility index (Phi) is 3.98. The number of nitrogens with two attached hydrogens (primary N) is 1. The van der Waals surface area contributed by atoms with Crippen LogP contribution in [-0.2, 0) is 15.7 Å². The molecule has 1 aliphatic rings. The van der Waals surface area contributed by atoms with Gasteiger partial charge in [-0.2, -0.15) is 0 Å². The first-order chi connectivity index (χ1) is 8.66. The standard InChI is InChI=1S/C10H11BrN2O3S3/c1-13-9(17)18-5-10(13,14)6-2-3-7(11)8(4-6)19(12,15)16/h2-4,14H,5H2,1H3,(H2,12,15,16). The van der Waals surface area contributed by atoms with Crippen LogP contribution >= 0.6 is 39.9 Å². The highest BCUT2D eigenvalue weighted by atomic mass is 79.9. The number of thioether (sulfide) groups is 1. The van der Waals surface area contributed by atoms with Gasteiger partial charge >= 0.3 is 0 Å². The van der Waals surface area contributed by atoms with Gasteiger partial charge in [0.15, 0.2) is 5.72 Å². The first-order valence-corrected chi connectivity index (χ1v) is 8.85. The topological polar surface area (TPSA) is 83.6 Å². The van der Waals surface area contributed by atoms with Gasteiger partial charge in [0.25, 0.3) is 0 Å². The highest BCUT2D eigenvalue weighted by Gasteiger charge is 2.42. The Morgan fingerprint density at radius 3 is 2.68 bits per heavy atom. The lowest BCUT2D eigenvalue weighted by molar-refractivity contribution is -0.0338. The predicted octanol–water partition coefficient (Wildman–Crippen LogP) is 1.21. The molecular weight excluding hydrogens is 372 g/mol. The number of sulfonamides is 1. The second-order valence-corrected chi connectivity index (χ2v) is 8.11. The number of halogens is 1. The van der Waals surface area contributed by atoms with Crippen molar-refractivity contribution in [2.45, 2.75) is 10.6 Å². The van der Waals surface area contributed by atoms with Gasteiger partial charge in [-0.25, -0.2) is 13.6 Å². The molecule has 1 aromatic carbocycles. The Labute approximate surface area is 129 Å². The summed E-state index contributed by atoms with van der Waals surface area (Å²) in [6.45, 7) is 0. The Morgan fingerprint density at radius 1 is 1.58 bits per heavy atom. The average molecular weight is 383 g/mol. The summed E-state index contributed by atoms with van der Waals surface area (Å²) in [5, 5.41) is 15.8. The summed E-state index contributed by atoms with van der Waals surface area (Å²) in [6.07, 6.45) is 0. The fourth-order valence-corrected chi connectivity index (χ4v) is 4.67. The van der Waals surface area contributed by atoms with E-state index in [1.54, 1.807) is 24.1 Å². The van der Waals surface area contributed by atoms with Gasteiger partial charge in [0.1, 0.15) is 4.32 Å². The SMILES string of the molecule is CN1C(=S)SCC1(O)c1ccc(Br)c(S(N)(=O)=O)c1. The van der Waals surface area contributed by atoms with Gasteiger partial charge in [-0.05, 0) is 28.1 Å². The zero-order chi connectivity index (χ0) is 14.4. The molecule has 3 N–H and O–H groups in total. The summed E-state index contributed by atoms with van der Waals surface area (Å²) in [4.78, 5) is 1.48. The molecule has 1 unspecified atom stereocenters. The van der Waals surface area contributed by atoms with E-state index in [-0.39, 0.29) is 4.90 Å². The monoisotopic (exact) mass is 382 g/mol. The lowest BCUT2D eigenvalue weighted by atomic mass is 10.0. The van der Waals surface area contributed by atoms with Crippen LogP contribution in [0.5, 0.6) is 0 Å². The van der Waals surface area contributed by atoms with Crippen LogP contribution in [0, 0.1) is 0 Å². The lowest BCUT2D eigenvalue weighted by Crippen LogP contribution is -2.41. The molecule has 1 saturated heterocycles. The van der Waals surface area contributed by atoms with Crippen molar-refractivity contribution in [3.8, 4) is 0 Å². The largest absolute Gasteiger partial charge is 0.366 e. The number of benzene rings is 1. The minimum absolute atomic E-state index is 0.0605. The number of aliphatic hydroxyl groups is 1. The van der Waals surface area contributed by atoms with Crippen LogP contribution in [0.4, 0.5) is 0 Å². The van der Waals surface area contributed by atoms with E-state index in [4.69, 9.17) is 17.4 Å². The van der Waals surface area contributed by atoms with Gasteiger partial charge < -0.3 is 10.0 Å². The van der Waals surface area contributed by atoms with Crippen LogP contribution < -0.4 is 5.14 Å². The smallest absolute Gasteiger partial charge is 0.239 e. The molecule has 104 valence electrons. The predicted molar refractivity (Wildman–Crippen MR) is 82.2 cm³/mol. The van der Waals surface area contributed by atoms with Gasteiger partial charge in [-0.15, -0.1) is 0 Å². The average Bonchev–Trinajstić information content (AvgIpc) is 2.57. The first kappa shape index (κ1) is 15.2. The molecule has 0 aliphatic carbocycles. The van der Waals surface area contributed by atoms with Crippen molar-refractivity contribution in [1.82, 2.24) is 4.90 Å². The van der Waals surface area contributed by atoms with Crippen LogP contribution in [0.15, 0.2) is 27.6 Å². The maximum absolute atomic E-state index is 11.5. The van der Waals surface area contributed by atoms with E-state index in [0.29, 0.717) is 20.1 Å². The Bertz CT molecular complexity index is 649. The van der Waals surface area contributed by atoms with Crippen molar-refractivity contribution in [3.05, 3.63) is 28.2 Å². The van der Waals surface area contributed by atoms with E-state index in [1.165, 1.54) is 17.8 Å². The third kappa shape index (κ3) is 2.67. The van der Waals surface area contributed by atoms with E-state index < -0.39 is 15.7 Å². The quantitative estimate of drug-likeness (QED) is 0.747. The maximum atomic E-state index is 11.5. The van der Waals surface area contributed by atoms with E-state index >= 15 is 0 Å². The lowest BCUT2D eigenvalue weighted by Gasteiger charge is -2.31. The van der Waals surface area contributed by atoms with Crippen LogP contribution in [-0.4, -0.2) is 35.5 Å². The molecule has 1 fully saturated rings. The van der Waals surface area contributed by atoms with Crippen molar-refractivity contribution in [3.63, 3.8) is 0 Å².